The maximum absolute atomic E-state index is 3.68. The molecule has 1 heterocycles. The van der Waals surface area contributed by atoms with Gasteiger partial charge < -0.3 is 5.32 Å². The molecule has 1 N–H and O–H groups in total. The normalized spacial score (nSPS) is 25.6. The minimum Gasteiger partial charge on any atom is -0.311 e. The maximum Gasteiger partial charge on any atom is 0.0264 e. The third-order valence-electron chi connectivity index (χ3n) is 4.01. The standard InChI is InChI=1S/C16H26N2/c1-4-15-12-18(13(2)3)16(11-17-15)10-14-8-6-5-7-9-14/h5-9,13,15-17H,4,10-12H2,1-3H3. The summed E-state index contributed by atoms with van der Waals surface area (Å²) < 4.78 is 0. The van der Waals surface area contributed by atoms with Crippen molar-refractivity contribution in [2.45, 2.75) is 51.7 Å². The summed E-state index contributed by atoms with van der Waals surface area (Å²) in [6.07, 6.45) is 2.38. The van der Waals surface area contributed by atoms with Crippen molar-refractivity contribution in [2.75, 3.05) is 13.1 Å². The second-order valence-electron chi connectivity index (χ2n) is 5.65. The zero-order valence-corrected chi connectivity index (χ0v) is 11.9. The van der Waals surface area contributed by atoms with Gasteiger partial charge in [0.05, 0.1) is 0 Å². The summed E-state index contributed by atoms with van der Waals surface area (Å²) in [6, 6.07) is 12.8. The van der Waals surface area contributed by atoms with Gasteiger partial charge in [0.1, 0.15) is 0 Å². The van der Waals surface area contributed by atoms with Gasteiger partial charge in [0, 0.05) is 31.2 Å². The molecule has 1 saturated heterocycles. The van der Waals surface area contributed by atoms with Crippen molar-refractivity contribution in [3.8, 4) is 0 Å². The highest BCUT2D eigenvalue weighted by molar-refractivity contribution is 5.16. The molecule has 2 rings (SSSR count). The van der Waals surface area contributed by atoms with E-state index in [0.29, 0.717) is 18.1 Å². The first-order valence-electron chi connectivity index (χ1n) is 7.23. The number of hydrogen-bond acceptors (Lipinski definition) is 2. The van der Waals surface area contributed by atoms with E-state index in [-0.39, 0.29) is 0 Å². The lowest BCUT2D eigenvalue weighted by molar-refractivity contribution is 0.0953. The van der Waals surface area contributed by atoms with Gasteiger partial charge in [0.15, 0.2) is 0 Å². The van der Waals surface area contributed by atoms with E-state index in [9.17, 15) is 0 Å². The summed E-state index contributed by atoms with van der Waals surface area (Å²) >= 11 is 0. The number of rotatable bonds is 4. The van der Waals surface area contributed by atoms with Gasteiger partial charge in [-0.2, -0.15) is 0 Å². The average molecular weight is 246 g/mol. The Balaban J connectivity index is 2.02. The van der Waals surface area contributed by atoms with E-state index < -0.39 is 0 Å². The Morgan fingerprint density at radius 1 is 1.28 bits per heavy atom. The molecule has 2 heteroatoms. The second-order valence-corrected chi connectivity index (χ2v) is 5.65. The van der Waals surface area contributed by atoms with Crippen molar-refractivity contribution < 1.29 is 0 Å². The SMILES string of the molecule is CCC1CN(C(C)C)C(Cc2ccccc2)CN1. The molecular weight excluding hydrogens is 220 g/mol. The van der Waals surface area contributed by atoms with Crippen molar-refractivity contribution in [3.63, 3.8) is 0 Å². The average Bonchev–Trinajstić information content (AvgIpc) is 2.40. The molecule has 1 aromatic carbocycles. The molecule has 0 spiro atoms. The van der Waals surface area contributed by atoms with Crippen LogP contribution in [0.4, 0.5) is 0 Å². The Hall–Kier alpha value is -0.860. The van der Waals surface area contributed by atoms with Crippen molar-refractivity contribution in [3.05, 3.63) is 35.9 Å². The van der Waals surface area contributed by atoms with E-state index in [0.717, 1.165) is 13.0 Å². The zero-order chi connectivity index (χ0) is 13.0. The van der Waals surface area contributed by atoms with E-state index >= 15 is 0 Å². The van der Waals surface area contributed by atoms with Crippen molar-refractivity contribution in [1.82, 2.24) is 10.2 Å². The fraction of sp³-hybridized carbons (Fsp3) is 0.625. The molecule has 1 aliphatic rings. The van der Waals surface area contributed by atoms with Crippen LogP contribution in [0.15, 0.2) is 30.3 Å². The van der Waals surface area contributed by atoms with Crippen molar-refractivity contribution >= 4 is 0 Å². The number of nitrogens with one attached hydrogen (secondary N) is 1. The summed E-state index contributed by atoms with van der Waals surface area (Å²) in [7, 11) is 0. The lowest BCUT2D eigenvalue weighted by Crippen LogP contribution is -2.58. The number of nitrogens with zero attached hydrogens (tertiary/aromatic N) is 1. The third-order valence-corrected chi connectivity index (χ3v) is 4.01. The van der Waals surface area contributed by atoms with Gasteiger partial charge >= 0.3 is 0 Å². The molecule has 18 heavy (non-hydrogen) atoms. The van der Waals surface area contributed by atoms with Gasteiger partial charge in [-0.3, -0.25) is 4.90 Å². The van der Waals surface area contributed by atoms with Crippen LogP contribution in [0.25, 0.3) is 0 Å². The predicted octanol–water partition coefficient (Wildman–Crippen LogP) is 2.69. The molecule has 0 saturated carbocycles. The summed E-state index contributed by atoms with van der Waals surface area (Å²) in [5, 5.41) is 3.68. The largest absolute Gasteiger partial charge is 0.311 e. The Labute approximate surface area is 111 Å². The lowest BCUT2D eigenvalue weighted by Gasteiger charge is -2.42. The molecule has 0 amide bonds. The summed E-state index contributed by atoms with van der Waals surface area (Å²) in [6.45, 7) is 9.21. The van der Waals surface area contributed by atoms with Crippen LogP contribution in [0.5, 0.6) is 0 Å². The topological polar surface area (TPSA) is 15.3 Å². The van der Waals surface area contributed by atoms with E-state index in [2.05, 4.69) is 61.3 Å². The van der Waals surface area contributed by atoms with Gasteiger partial charge in [0.2, 0.25) is 0 Å². The molecule has 0 aromatic heterocycles. The Bertz CT molecular complexity index is 347. The number of benzene rings is 1. The molecule has 0 bridgehead atoms. The summed E-state index contributed by atoms with van der Waals surface area (Å²) in [5.74, 6) is 0. The van der Waals surface area contributed by atoms with Crippen LogP contribution >= 0.6 is 0 Å². The van der Waals surface area contributed by atoms with Gasteiger partial charge in [0.25, 0.3) is 0 Å². The number of hydrogen-bond donors (Lipinski definition) is 1. The Morgan fingerprint density at radius 2 is 2.00 bits per heavy atom. The van der Waals surface area contributed by atoms with Gasteiger partial charge in [-0.05, 0) is 32.3 Å². The maximum atomic E-state index is 3.68. The van der Waals surface area contributed by atoms with Crippen LogP contribution in [-0.4, -0.2) is 36.1 Å². The molecule has 0 radical (unpaired) electrons. The summed E-state index contributed by atoms with van der Waals surface area (Å²) in [4.78, 5) is 2.66. The first kappa shape index (κ1) is 13.6. The smallest absolute Gasteiger partial charge is 0.0264 e. The predicted molar refractivity (Wildman–Crippen MR) is 77.9 cm³/mol. The minimum atomic E-state index is 0.634. The summed E-state index contributed by atoms with van der Waals surface area (Å²) in [5.41, 5.74) is 1.45. The molecule has 2 atom stereocenters. The Morgan fingerprint density at radius 3 is 2.61 bits per heavy atom. The second kappa shape index (κ2) is 6.35. The highest BCUT2D eigenvalue weighted by Gasteiger charge is 2.28. The minimum absolute atomic E-state index is 0.634. The van der Waals surface area contributed by atoms with E-state index in [1.54, 1.807) is 0 Å². The van der Waals surface area contributed by atoms with Crippen LogP contribution in [-0.2, 0) is 6.42 Å². The number of piperazine rings is 1. The molecule has 2 nitrogen and oxygen atoms in total. The van der Waals surface area contributed by atoms with Crippen LogP contribution in [0.1, 0.15) is 32.8 Å². The van der Waals surface area contributed by atoms with Crippen LogP contribution in [0.3, 0.4) is 0 Å². The van der Waals surface area contributed by atoms with Crippen LogP contribution < -0.4 is 5.32 Å². The highest BCUT2D eigenvalue weighted by atomic mass is 15.2. The Kier molecular flexibility index (Phi) is 4.79. The van der Waals surface area contributed by atoms with Crippen molar-refractivity contribution in [1.29, 1.82) is 0 Å². The van der Waals surface area contributed by atoms with Crippen LogP contribution in [0.2, 0.25) is 0 Å². The molecule has 0 aliphatic carbocycles. The van der Waals surface area contributed by atoms with Gasteiger partial charge in [-0.15, -0.1) is 0 Å². The molecule has 100 valence electrons. The van der Waals surface area contributed by atoms with E-state index in [1.807, 2.05) is 0 Å². The fourth-order valence-electron chi connectivity index (χ4n) is 2.87. The first-order chi connectivity index (χ1) is 8.70. The van der Waals surface area contributed by atoms with E-state index in [4.69, 9.17) is 0 Å². The molecule has 1 fully saturated rings. The van der Waals surface area contributed by atoms with E-state index in [1.165, 1.54) is 18.5 Å². The molecule has 1 aliphatic heterocycles. The van der Waals surface area contributed by atoms with Crippen LogP contribution in [0, 0.1) is 0 Å². The van der Waals surface area contributed by atoms with Gasteiger partial charge in [-0.1, -0.05) is 37.3 Å². The monoisotopic (exact) mass is 246 g/mol. The molecular formula is C16H26N2. The quantitative estimate of drug-likeness (QED) is 0.878. The first-order valence-corrected chi connectivity index (χ1v) is 7.23. The third kappa shape index (κ3) is 3.33. The lowest BCUT2D eigenvalue weighted by atomic mass is 9.99. The molecule has 2 unspecified atom stereocenters. The zero-order valence-electron chi connectivity index (χ0n) is 11.9. The fourth-order valence-corrected chi connectivity index (χ4v) is 2.87. The van der Waals surface area contributed by atoms with Crippen molar-refractivity contribution in [2.24, 2.45) is 0 Å². The van der Waals surface area contributed by atoms with Gasteiger partial charge in [-0.25, -0.2) is 0 Å². The molecule has 1 aromatic rings. The highest BCUT2D eigenvalue weighted by Crippen LogP contribution is 2.16.